The van der Waals surface area contributed by atoms with Crippen molar-refractivity contribution >= 4 is 5.97 Å². The van der Waals surface area contributed by atoms with Gasteiger partial charge in [0.25, 0.3) is 0 Å². The second-order valence-electron chi connectivity index (χ2n) is 2.88. The van der Waals surface area contributed by atoms with Crippen LogP contribution in [-0.4, -0.2) is 26.2 Å². The van der Waals surface area contributed by atoms with E-state index in [1.807, 2.05) is 30.3 Å². The van der Waals surface area contributed by atoms with Crippen molar-refractivity contribution in [3.63, 3.8) is 0 Å². The number of carbonyl (C=O) groups excluding carboxylic acids is 1. The Balaban J connectivity index is 2.24. The summed E-state index contributed by atoms with van der Waals surface area (Å²) in [6.07, 6.45) is 0. The summed E-state index contributed by atoms with van der Waals surface area (Å²) < 4.78 is 0. The molecule has 0 spiro atoms. The SMILES string of the molecule is O=C([O-])Cn1nnc(-c2ccccc2)n1. The lowest BCUT2D eigenvalue weighted by Crippen LogP contribution is -2.28. The van der Waals surface area contributed by atoms with E-state index in [9.17, 15) is 9.90 Å². The van der Waals surface area contributed by atoms with Gasteiger partial charge in [-0.3, -0.25) is 0 Å². The zero-order valence-corrected chi connectivity index (χ0v) is 7.70. The summed E-state index contributed by atoms with van der Waals surface area (Å²) in [4.78, 5) is 11.3. The topological polar surface area (TPSA) is 83.7 Å². The molecule has 0 bridgehead atoms. The van der Waals surface area contributed by atoms with E-state index in [-0.39, 0.29) is 6.54 Å². The van der Waals surface area contributed by atoms with Crippen LogP contribution in [0.2, 0.25) is 0 Å². The molecule has 0 radical (unpaired) electrons. The molecule has 0 saturated heterocycles. The highest BCUT2D eigenvalue weighted by Crippen LogP contribution is 2.11. The third-order valence-electron chi connectivity index (χ3n) is 1.76. The van der Waals surface area contributed by atoms with Crippen LogP contribution in [0.4, 0.5) is 0 Å². The van der Waals surface area contributed by atoms with Gasteiger partial charge in [-0.1, -0.05) is 30.3 Å². The number of aromatic nitrogens is 4. The average molecular weight is 203 g/mol. The Hall–Kier alpha value is -2.24. The highest BCUT2D eigenvalue weighted by Gasteiger charge is 2.04. The summed E-state index contributed by atoms with van der Waals surface area (Å²) in [6, 6.07) is 9.19. The summed E-state index contributed by atoms with van der Waals surface area (Å²) in [7, 11) is 0. The molecular weight excluding hydrogens is 196 g/mol. The molecule has 76 valence electrons. The van der Waals surface area contributed by atoms with E-state index in [0.717, 1.165) is 10.4 Å². The van der Waals surface area contributed by atoms with Crippen molar-refractivity contribution in [3.05, 3.63) is 30.3 Å². The minimum atomic E-state index is -1.24. The lowest BCUT2D eigenvalue weighted by Gasteiger charge is -1.97. The lowest BCUT2D eigenvalue weighted by molar-refractivity contribution is -0.307. The average Bonchev–Trinajstić information content (AvgIpc) is 2.67. The monoisotopic (exact) mass is 203 g/mol. The zero-order chi connectivity index (χ0) is 10.7. The van der Waals surface area contributed by atoms with Gasteiger partial charge in [0, 0.05) is 5.56 Å². The van der Waals surface area contributed by atoms with E-state index in [1.54, 1.807) is 0 Å². The summed E-state index contributed by atoms with van der Waals surface area (Å²) in [5.74, 6) is -0.844. The number of carboxylic acids is 1. The molecule has 1 heterocycles. The van der Waals surface area contributed by atoms with Crippen molar-refractivity contribution in [2.75, 3.05) is 0 Å². The Bertz CT molecular complexity index is 466. The summed E-state index contributed by atoms with van der Waals surface area (Å²) in [5.41, 5.74) is 0.794. The molecule has 0 unspecified atom stereocenters. The molecule has 2 rings (SSSR count). The summed E-state index contributed by atoms with van der Waals surface area (Å²) >= 11 is 0. The molecule has 6 heteroatoms. The Morgan fingerprint density at radius 3 is 2.73 bits per heavy atom. The molecule has 0 aliphatic heterocycles. The Morgan fingerprint density at radius 2 is 2.07 bits per heavy atom. The molecular formula is C9H7N4O2-. The number of carbonyl (C=O) groups is 1. The minimum Gasteiger partial charge on any atom is -0.548 e. The second-order valence-corrected chi connectivity index (χ2v) is 2.88. The van der Waals surface area contributed by atoms with Crippen LogP contribution in [-0.2, 0) is 11.3 Å². The molecule has 6 nitrogen and oxygen atoms in total. The maximum absolute atomic E-state index is 10.3. The quantitative estimate of drug-likeness (QED) is 0.644. The molecule has 0 N–H and O–H groups in total. The standard InChI is InChI=1S/C9H8N4O2/c14-8(15)6-13-11-9(10-12-13)7-4-2-1-3-5-7/h1-5H,6H2,(H,14,15)/p-1. The van der Waals surface area contributed by atoms with Gasteiger partial charge in [-0.05, 0) is 5.21 Å². The number of aliphatic carboxylic acids is 1. The van der Waals surface area contributed by atoms with Gasteiger partial charge in [0.1, 0.15) is 6.54 Å². The maximum Gasteiger partial charge on any atom is 0.204 e. The number of tetrazole rings is 1. The molecule has 0 aliphatic carbocycles. The summed E-state index contributed by atoms with van der Waals surface area (Å²) in [5, 5.41) is 21.5. The lowest BCUT2D eigenvalue weighted by atomic mass is 10.2. The van der Waals surface area contributed by atoms with Crippen LogP contribution in [0, 0.1) is 0 Å². The molecule has 0 fully saturated rings. The normalized spacial score (nSPS) is 10.1. The molecule has 0 aliphatic rings. The molecule has 1 aromatic carbocycles. The highest BCUT2D eigenvalue weighted by molar-refractivity contribution is 5.63. The fourth-order valence-electron chi connectivity index (χ4n) is 1.13. The third kappa shape index (κ3) is 2.16. The van der Waals surface area contributed by atoms with E-state index in [4.69, 9.17) is 0 Å². The van der Waals surface area contributed by atoms with Gasteiger partial charge in [-0.25, -0.2) is 0 Å². The van der Waals surface area contributed by atoms with Crippen LogP contribution >= 0.6 is 0 Å². The molecule has 1 aromatic heterocycles. The van der Waals surface area contributed by atoms with Crippen molar-refractivity contribution in [1.29, 1.82) is 0 Å². The van der Waals surface area contributed by atoms with Crippen LogP contribution < -0.4 is 5.11 Å². The first-order valence-corrected chi connectivity index (χ1v) is 4.29. The zero-order valence-electron chi connectivity index (χ0n) is 7.70. The third-order valence-corrected chi connectivity index (χ3v) is 1.76. The van der Waals surface area contributed by atoms with Crippen molar-refractivity contribution in [3.8, 4) is 11.4 Å². The van der Waals surface area contributed by atoms with Crippen molar-refractivity contribution in [2.45, 2.75) is 6.54 Å². The van der Waals surface area contributed by atoms with E-state index < -0.39 is 5.97 Å². The van der Waals surface area contributed by atoms with Gasteiger partial charge in [0.2, 0.25) is 5.82 Å². The van der Waals surface area contributed by atoms with Crippen LogP contribution in [0.15, 0.2) is 30.3 Å². The first-order valence-electron chi connectivity index (χ1n) is 4.29. The Morgan fingerprint density at radius 1 is 1.33 bits per heavy atom. The van der Waals surface area contributed by atoms with Crippen molar-refractivity contribution < 1.29 is 9.90 Å². The molecule has 0 amide bonds. The van der Waals surface area contributed by atoms with Crippen LogP contribution in [0.25, 0.3) is 11.4 Å². The fourth-order valence-corrected chi connectivity index (χ4v) is 1.13. The largest absolute Gasteiger partial charge is 0.548 e. The Labute approximate surface area is 85.2 Å². The first kappa shape index (κ1) is 9.32. The molecule has 0 saturated carbocycles. The van der Waals surface area contributed by atoms with Gasteiger partial charge in [0.05, 0.1) is 5.97 Å². The number of rotatable bonds is 3. The Kier molecular flexibility index (Phi) is 2.40. The second kappa shape index (κ2) is 3.87. The van der Waals surface area contributed by atoms with E-state index in [0.29, 0.717) is 5.82 Å². The minimum absolute atomic E-state index is 0.389. The van der Waals surface area contributed by atoms with Crippen molar-refractivity contribution in [1.82, 2.24) is 20.2 Å². The smallest absolute Gasteiger partial charge is 0.204 e. The number of benzene rings is 1. The van der Waals surface area contributed by atoms with Gasteiger partial charge in [-0.15, -0.1) is 10.2 Å². The first-order chi connectivity index (χ1) is 7.25. The highest BCUT2D eigenvalue weighted by atomic mass is 16.4. The predicted octanol–water partition coefficient (Wildman–Crippen LogP) is -0.910. The number of hydrogen-bond acceptors (Lipinski definition) is 5. The van der Waals surface area contributed by atoms with Gasteiger partial charge in [-0.2, -0.15) is 4.80 Å². The van der Waals surface area contributed by atoms with E-state index in [1.165, 1.54) is 0 Å². The predicted molar refractivity (Wildman–Crippen MR) is 48.3 cm³/mol. The number of nitrogens with zero attached hydrogens (tertiary/aromatic N) is 4. The molecule has 2 aromatic rings. The molecule has 15 heavy (non-hydrogen) atoms. The number of carboxylic acid groups (broad SMARTS) is 1. The maximum atomic E-state index is 10.3. The van der Waals surface area contributed by atoms with E-state index >= 15 is 0 Å². The fraction of sp³-hybridized carbons (Fsp3) is 0.111. The van der Waals surface area contributed by atoms with Gasteiger partial charge in [0.15, 0.2) is 0 Å². The summed E-state index contributed by atoms with van der Waals surface area (Å²) in [6.45, 7) is -0.389. The number of hydrogen-bond donors (Lipinski definition) is 0. The van der Waals surface area contributed by atoms with Gasteiger partial charge < -0.3 is 9.90 Å². The van der Waals surface area contributed by atoms with Gasteiger partial charge >= 0.3 is 0 Å². The van der Waals surface area contributed by atoms with Crippen LogP contribution in [0.3, 0.4) is 0 Å². The van der Waals surface area contributed by atoms with E-state index in [2.05, 4.69) is 15.4 Å². The van der Waals surface area contributed by atoms with Crippen LogP contribution in [0.1, 0.15) is 0 Å². The van der Waals surface area contributed by atoms with Crippen LogP contribution in [0.5, 0.6) is 0 Å². The molecule has 0 atom stereocenters. The van der Waals surface area contributed by atoms with Crippen molar-refractivity contribution in [2.24, 2.45) is 0 Å².